The minimum atomic E-state index is -0.773. The smallest absolute Gasteiger partial charge is 0.305 e. The third-order valence-electron chi connectivity index (χ3n) is 3.20. The molecule has 0 bridgehead atoms. The summed E-state index contributed by atoms with van der Waals surface area (Å²) in [7, 11) is 0. The van der Waals surface area contributed by atoms with E-state index < -0.39 is 10.9 Å². The van der Waals surface area contributed by atoms with Crippen molar-refractivity contribution in [1.29, 1.82) is 0 Å². The van der Waals surface area contributed by atoms with Crippen molar-refractivity contribution < 1.29 is 14.8 Å². The summed E-state index contributed by atoms with van der Waals surface area (Å²) in [6.45, 7) is 1.35. The van der Waals surface area contributed by atoms with Crippen LogP contribution in [-0.4, -0.2) is 39.1 Å². The van der Waals surface area contributed by atoms with E-state index in [4.69, 9.17) is 5.11 Å². The topological polar surface area (TPSA) is 109 Å². The van der Waals surface area contributed by atoms with Gasteiger partial charge >= 0.3 is 11.7 Å². The molecule has 8 nitrogen and oxygen atoms in total. The average Bonchev–Trinajstić information content (AvgIpc) is 2.39. The maximum Gasteiger partial charge on any atom is 0.305 e. The van der Waals surface area contributed by atoms with Crippen LogP contribution in [0.5, 0.6) is 0 Å². The number of anilines is 1. The second-order valence-corrected chi connectivity index (χ2v) is 4.53. The Morgan fingerprint density at radius 2 is 2.00 bits per heavy atom. The highest BCUT2D eigenvalue weighted by Crippen LogP contribution is 2.23. The van der Waals surface area contributed by atoms with Gasteiger partial charge < -0.3 is 10.0 Å². The molecule has 1 aromatic heterocycles. The predicted molar refractivity (Wildman–Crippen MR) is 65.9 cm³/mol. The van der Waals surface area contributed by atoms with Crippen LogP contribution in [0, 0.1) is 16.0 Å². The largest absolute Gasteiger partial charge is 0.481 e. The highest BCUT2D eigenvalue weighted by molar-refractivity contribution is 5.67. The van der Waals surface area contributed by atoms with E-state index in [1.54, 1.807) is 0 Å². The summed E-state index contributed by atoms with van der Waals surface area (Å²) >= 11 is 0. The molecule has 0 amide bonds. The second kappa shape index (κ2) is 5.59. The minimum absolute atomic E-state index is 0.135. The van der Waals surface area contributed by atoms with Crippen LogP contribution in [0.1, 0.15) is 19.3 Å². The number of aromatic nitrogens is 2. The maximum atomic E-state index is 10.6. The number of carboxylic acids is 1. The highest BCUT2D eigenvalue weighted by Gasteiger charge is 2.23. The molecular weight excluding hydrogens is 252 g/mol. The lowest BCUT2D eigenvalue weighted by atomic mass is 9.94. The number of hydrogen-bond donors (Lipinski definition) is 1. The maximum absolute atomic E-state index is 10.6. The molecule has 0 aliphatic carbocycles. The average molecular weight is 266 g/mol. The third-order valence-corrected chi connectivity index (χ3v) is 3.20. The molecule has 0 radical (unpaired) electrons. The van der Waals surface area contributed by atoms with Gasteiger partial charge in [0.2, 0.25) is 5.95 Å². The van der Waals surface area contributed by atoms with Crippen molar-refractivity contribution in [2.45, 2.75) is 19.3 Å². The number of nitro groups is 1. The molecule has 2 heterocycles. The van der Waals surface area contributed by atoms with Gasteiger partial charge in [-0.3, -0.25) is 14.9 Å². The lowest BCUT2D eigenvalue weighted by Gasteiger charge is -2.31. The van der Waals surface area contributed by atoms with Crippen LogP contribution in [0.2, 0.25) is 0 Å². The van der Waals surface area contributed by atoms with Crippen LogP contribution in [0.15, 0.2) is 12.4 Å². The fourth-order valence-electron chi connectivity index (χ4n) is 2.16. The molecule has 1 fully saturated rings. The first-order valence-corrected chi connectivity index (χ1v) is 5.99. The van der Waals surface area contributed by atoms with E-state index in [9.17, 15) is 14.9 Å². The van der Waals surface area contributed by atoms with Gasteiger partial charge in [-0.15, -0.1) is 0 Å². The molecule has 0 aromatic carbocycles. The Morgan fingerprint density at radius 3 is 2.47 bits per heavy atom. The summed E-state index contributed by atoms with van der Waals surface area (Å²) in [4.78, 5) is 30.4. The number of hydrogen-bond acceptors (Lipinski definition) is 6. The van der Waals surface area contributed by atoms with E-state index in [0.717, 1.165) is 12.8 Å². The van der Waals surface area contributed by atoms with Gasteiger partial charge in [0.1, 0.15) is 12.4 Å². The first-order valence-electron chi connectivity index (χ1n) is 5.99. The van der Waals surface area contributed by atoms with Gasteiger partial charge in [0.15, 0.2) is 0 Å². The lowest BCUT2D eigenvalue weighted by molar-refractivity contribution is -0.385. The van der Waals surface area contributed by atoms with Crippen LogP contribution in [0.3, 0.4) is 0 Å². The number of aliphatic carboxylic acids is 1. The number of carbonyl (C=O) groups is 1. The molecule has 1 saturated heterocycles. The van der Waals surface area contributed by atoms with Crippen LogP contribution in [0.25, 0.3) is 0 Å². The Morgan fingerprint density at radius 1 is 1.42 bits per heavy atom. The van der Waals surface area contributed by atoms with Crippen LogP contribution >= 0.6 is 0 Å². The van der Waals surface area contributed by atoms with Crippen molar-refractivity contribution in [3.63, 3.8) is 0 Å². The molecule has 8 heteroatoms. The molecule has 0 atom stereocenters. The van der Waals surface area contributed by atoms with Gasteiger partial charge in [-0.1, -0.05) is 0 Å². The van der Waals surface area contributed by atoms with Gasteiger partial charge in [0, 0.05) is 19.5 Å². The van der Waals surface area contributed by atoms with Crippen molar-refractivity contribution in [3.05, 3.63) is 22.5 Å². The monoisotopic (exact) mass is 266 g/mol. The van der Waals surface area contributed by atoms with Crippen molar-refractivity contribution in [1.82, 2.24) is 9.97 Å². The van der Waals surface area contributed by atoms with E-state index in [0.29, 0.717) is 19.0 Å². The van der Waals surface area contributed by atoms with Crippen molar-refractivity contribution >= 4 is 17.6 Å². The molecule has 19 heavy (non-hydrogen) atoms. The van der Waals surface area contributed by atoms with Crippen LogP contribution < -0.4 is 4.90 Å². The summed E-state index contributed by atoms with van der Waals surface area (Å²) in [6.07, 6.45) is 4.10. The van der Waals surface area contributed by atoms with Crippen LogP contribution in [-0.2, 0) is 4.79 Å². The number of piperidine rings is 1. The number of nitrogens with zero attached hydrogens (tertiary/aromatic N) is 4. The zero-order valence-corrected chi connectivity index (χ0v) is 10.2. The fourth-order valence-corrected chi connectivity index (χ4v) is 2.16. The summed E-state index contributed by atoms with van der Waals surface area (Å²) < 4.78 is 0. The SMILES string of the molecule is O=C(O)CC1CCN(c2ncc([N+](=O)[O-])cn2)CC1. The summed E-state index contributed by atoms with van der Waals surface area (Å²) in [6, 6.07) is 0. The quantitative estimate of drug-likeness (QED) is 0.641. The normalized spacial score (nSPS) is 16.3. The summed E-state index contributed by atoms with van der Waals surface area (Å²) in [5, 5.41) is 19.2. The predicted octanol–water partition coefficient (Wildman–Crippen LogP) is 1.08. The van der Waals surface area contributed by atoms with Crippen LogP contribution in [0.4, 0.5) is 11.6 Å². The first kappa shape index (κ1) is 13.2. The van der Waals surface area contributed by atoms with Gasteiger partial charge in [-0.25, -0.2) is 9.97 Å². The zero-order valence-electron chi connectivity index (χ0n) is 10.2. The standard InChI is InChI=1S/C11H14N4O4/c16-10(17)5-8-1-3-14(4-2-8)11-12-6-9(7-13-11)15(18)19/h6-8H,1-5H2,(H,16,17). The van der Waals surface area contributed by atoms with Crippen molar-refractivity contribution in [2.24, 2.45) is 5.92 Å². The van der Waals surface area contributed by atoms with E-state index in [1.165, 1.54) is 12.4 Å². The fraction of sp³-hybridized carbons (Fsp3) is 0.545. The molecule has 102 valence electrons. The molecule has 0 saturated carbocycles. The molecule has 0 unspecified atom stereocenters. The van der Waals surface area contributed by atoms with E-state index >= 15 is 0 Å². The molecule has 1 aliphatic rings. The summed E-state index contributed by atoms with van der Waals surface area (Å²) in [5.41, 5.74) is -0.135. The molecule has 1 aromatic rings. The zero-order chi connectivity index (χ0) is 13.8. The first-order chi connectivity index (χ1) is 9.06. The Hall–Kier alpha value is -2.25. The van der Waals surface area contributed by atoms with E-state index in [2.05, 4.69) is 9.97 Å². The Balaban J connectivity index is 1.94. The van der Waals surface area contributed by atoms with Gasteiger partial charge in [-0.2, -0.15) is 0 Å². The number of rotatable bonds is 4. The third kappa shape index (κ3) is 3.36. The molecule has 2 rings (SSSR count). The van der Waals surface area contributed by atoms with Gasteiger partial charge in [0.05, 0.1) is 4.92 Å². The molecule has 1 N–H and O–H groups in total. The molecular formula is C11H14N4O4. The van der Waals surface area contributed by atoms with Gasteiger partial charge in [-0.05, 0) is 18.8 Å². The van der Waals surface area contributed by atoms with E-state index in [-0.39, 0.29) is 18.0 Å². The minimum Gasteiger partial charge on any atom is -0.481 e. The second-order valence-electron chi connectivity index (χ2n) is 4.53. The van der Waals surface area contributed by atoms with E-state index in [1.807, 2.05) is 4.90 Å². The molecule has 0 spiro atoms. The molecule has 1 aliphatic heterocycles. The highest BCUT2D eigenvalue weighted by atomic mass is 16.6. The number of carboxylic acid groups (broad SMARTS) is 1. The van der Waals surface area contributed by atoms with Crippen molar-refractivity contribution in [2.75, 3.05) is 18.0 Å². The van der Waals surface area contributed by atoms with Gasteiger partial charge in [0.25, 0.3) is 0 Å². The Bertz CT molecular complexity index is 468. The van der Waals surface area contributed by atoms with Crippen molar-refractivity contribution in [3.8, 4) is 0 Å². The summed E-state index contributed by atoms with van der Waals surface area (Å²) in [5.74, 6) is -0.129. The Labute approximate surface area is 109 Å². The Kier molecular flexibility index (Phi) is 3.88. The lowest BCUT2D eigenvalue weighted by Crippen LogP contribution is -2.35.